The van der Waals surface area contributed by atoms with Crippen LogP contribution in [-0.4, -0.2) is 44.2 Å². The lowest BCUT2D eigenvalue weighted by atomic mass is 9.97. The van der Waals surface area contributed by atoms with Crippen molar-refractivity contribution in [2.75, 3.05) is 11.9 Å². The number of imidazole rings is 1. The molecule has 0 bridgehead atoms. The quantitative estimate of drug-likeness (QED) is 0.466. The number of nitrogens with one attached hydrogen (secondary N) is 3. The van der Waals surface area contributed by atoms with E-state index in [1.54, 1.807) is 12.4 Å². The third-order valence-electron chi connectivity index (χ3n) is 5.42. The van der Waals surface area contributed by atoms with Gasteiger partial charge in [0, 0.05) is 35.3 Å². The Balaban J connectivity index is 1.76. The molecule has 0 unspecified atom stereocenters. The van der Waals surface area contributed by atoms with Crippen molar-refractivity contribution in [1.82, 2.24) is 20.3 Å². The van der Waals surface area contributed by atoms with E-state index in [2.05, 4.69) is 25.6 Å². The number of hydrogen-bond donors (Lipinski definition) is 4. The van der Waals surface area contributed by atoms with Crippen LogP contribution >= 0.6 is 0 Å². The number of pyridine rings is 1. The molecule has 4 N–H and O–H groups in total. The standard InChI is InChI=1S/C24H29N5O2/c1-14-5-6-16(23(31)28-18-7-8-18)9-19(14)17-10-20(21-25-11-15(2)27-21)22(26-12-17)29-24(3,4)13-30/h5-6,9-12,18,30H,7-8,13H2,1-4H3,(H,25,27)(H,26,29)(H,28,31). The number of anilines is 1. The number of carbonyl (C=O) groups is 1. The van der Waals surface area contributed by atoms with Gasteiger partial charge in [-0.3, -0.25) is 4.79 Å². The van der Waals surface area contributed by atoms with E-state index in [9.17, 15) is 9.90 Å². The van der Waals surface area contributed by atoms with Crippen molar-refractivity contribution in [3.8, 4) is 22.5 Å². The van der Waals surface area contributed by atoms with Crippen molar-refractivity contribution in [2.24, 2.45) is 0 Å². The summed E-state index contributed by atoms with van der Waals surface area (Å²) in [6.45, 7) is 7.75. The first-order valence-electron chi connectivity index (χ1n) is 10.6. The van der Waals surface area contributed by atoms with Gasteiger partial charge in [-0.1, -0.05) is 6.07 Å². The molecule has 3 aromatic rings. The smallest absolute Gasteiger partial charge is 0.251 e. The maximum absolute atomic E-state index is 12.5. The molecule has 1 aliphatic rings. The van der Waals surface area contributed by atoms with E-state index in [0.29, 0.717) is 23.2 Å². The molecule has 4 rings (SSSR count). The van der Waals surface area contributed by atoms with Crippen molar-refractivity contribution in [1.29, 1.82) is 0 Å². The zero-order valence-electron chi connectivity index (χ0n) is 18.4. The van der Waals surface area contributed by atoms with Gasteiger partial charge >= 0.3 is 0 Å². The monoisotopic (exact) mass is 419 g/mol. The number of hydrogen-bond acceptors (Lipinski definition) is 5. The lowest BCUT2D eigenvalue weighted by molar-refractivity contribution is 0.0951. The average molecular weight is 420 g/mol. The van der Waals surface area contributed by atoms with Crippen LogP contribution < -0.4 is 10.6 Å². The van der Waals surface area contributed by atoms with Gasteiger partial charge in [0.2, 0.25) is 0 Å². The van der Waals surface area contributed by atoms with Crippen molar-refractivity contribution in [3.05, 3.63) is 53.5 Å². The SMILES string of the molecule is Cc1cnc(-c2cc(-c3cc(C(=O)NC4CC4)ccc3C)cnc2NC(C)(C)CO)[nH]1. The Hall–Kier alpha value is -3.19. The minimum atomic E-state index is -0.540. The number of amides is 1. The summed E-state index contributed by atoms with van der Waals surface area (Å²) in [6, 6.07) is 8.08. The molecule has 0 spiro atoms. The highest BCUT2D eigenvalue weighted by Gasteiger charge is 2.24. The van der Waals surface area contributed by atoms with Crippen LogP contribution in [0.25, 0.3) is 22.5 Å². The molecule has 0 radical (unpaired) electrons. The Labute approximate surface area is 182 Å². The Kier molecular flexibility index (Phi) is 5.54. The summed E-state index contributed by atoms with van der Waals surface area (Å²) in [5, 5.41) is 16.0. The zero-order valence-corrected chi connectivity index (χ0v) is 18.4. The van der Waals surface area contributed by atoms with Gasteiger partial charge in [-0.05, 0) is 69.9 Å². The van der Waals surface area contributed by atoms with Gasteiger partial charge in [0.1, 0.15) is 11.6 Å². The molecule has 31 heavy (non-hydrogen) atoms. The number of H-pyrrole nitrogens is 1. The van der Waals surface area contributed by atoms with Crippen LogP contribution in [0.5, 0.6) is 0 Å². The largest absolute Gasteiger partial charge is 0.394 e. The molecular formula is C24H29N5O2. The lowest BCUT2D eigenvalue weighted by Crippen LogP contribution is -2.35. The van der Waals surface area contributed by atoms with E-state index in [0.717, 1.165) is 40.8 Å². The Morgan fingerprint density at radius 3 is 2.58 bits per heavy atom. The summed E-state index contributed by atoms with van der Waals surface area (Å²) in [7, 11) is 0. The normalized spacial score (nSPS) is 13.8. The van der Waals surface area contributed by atoms with E-state index >= 15 is 0 Å². The number of carbonyl (C=O) groups excluding carboxylic acids is 1. The number of aryl methyl sites for hydroxylation is 2. The molecule has 0 saturated heterocycles. The second-order valence-corrected chi connectivity index (χ2v) is 8.98. The van der Waals surface area contributed by atoms with Gasteiger partial charge in [-0.2, -0.15) is 0 Å². The molecule has 0 aliphatic heterocycles. The second-order valence-electron chi connectivity index (χ2n) is 8.98. The van der Waals surface area contributed by atoms with E-state index in [-0.39, 0.29) is 12.5 Å². The molecule has 162 valence electrons. The van der Waals surface area contributed by atoms with Crippen LogP contribution in [0.3, 0.4) is 0 Å². The fourth-order valence-electron chi connectivity index (χ4n) is 3.37. The summed E-state index contributed by atoms with van der Waals surface area (Å²) in [5.74, 6) is 1.29. The van der Waals surface area contributed by atoms with E-state index in [4.69, 9.17) is 0 Å². The van der Waals surface area contributed by atoms with Gasteiger partial charge in [-0.15, -0.1) is 0 Å². The van der Waals surface area contributed by atoms with Gasteiger partial charge in [-0.25, -0.2) is 9.97 Å². The minimum Gasteiger partial charge on any atom is -0.394 e. The molecule has 7 heteroatoms. The first kappa shape index (κ1) is 21.1. The van der Waals surface area contributed by atoms with Crippen LogP contribution in [-0.2, 0) is 0 Å². The van der Waals surface area contributed by atoms with Crippen LogP contribution in [0.2, 0.25) is 0 Å². The lowest BCUT2D eigenvalue weighted by Gasteiger charge is -2.25. The van der Waals surface area contributed by atoms with Crippen molar-refractivity contribution in [3.63, 3.8) is 0 Å². The number of aliphatic hydroxyl groups is 1. The molecule has 2 heterocycles. The highest BCUT2D eigenvalue weighted by atomic mass is 16.3. The number of aromatic nitrogens is 3. The van der Waals surface area contributed by atoms with Crippen molar-refractivity contribution in [2.45, 2.75) is 52.1 Å². The maximum atomic E-state index is 12.5. The predicted molar refractivity (Wildman–Crippen MR) is 122 cm³/mol. The third-order valence-corrected chi connectivity index (χ3v) is 5.42. The van der Waals surface area contributed by atoms with Crippen LogP contribution in [0.4, 0.5) is 5.82 Å². The van der Waals surface area contributed by atoms with Gasteiger partial charge < -0.3 is 20.7 Å². The van der Waals surface area contributed by atoms with Gasteiger partial charge in [0.05, 0.1) is 17.7 Å². The fraction of sp³-hybridized carbons (Fsp3) is 0.375. The Bertz CT molecular complexity index is 1110. The summed E-state index contributed by atoms with van der Waals surface area (Å²) in [6.07, 6.45) is 5.68. The number of aliphatic hydroxyl groups excluding tert-OH is 1. The molecule has 2 aromatic heterocycles. The molecule has 7 nitrogen and oxygen atoms in total. The van der Waals surface area contributed by atoms with Crippen LogP contribution in [0.1, 0.15) is 48.3 Å². The molecule has 1 saturated carbocycles. The van der Waals surface area contributed by atoms with Crippen LogP contribution in [0.15, 0.2) is 36.7 Å². The first-order valence-corrected chi connectivity index (χ1v) is 10.6. The maximum Gasteiger partial charge on any atom is 0.251 e. The second kappa shape index (κ2) is 8.15. The zero-order chi connectivity index (χ0) is 22.2. The molecule has 1 aromatic carbocycles. The molecular weight excluding hydrogens is 390 g/mol. The van der Waals surface area contributed by atoms with Crippen molar-refractivity contribution < 1.29 is 9.90 Å². The number of aromatic amines is 1. The van der Waals surface area contributed by atoms with Gasteiger partial charge in [0.25, 0.3) is 5.91 Å². The fourth-order valence-corrected chi connectivity index (χ4v) is 3.37. The predicted octanol–water partition coefficient (Wildman–Crippen LogP) is 3.83. The highest BCUT2D eigenvalue weighted by molar-refractivity contribution is 5.96. The Morgan fingerprint density at radius 1 is 1.16 bits per heavy atom. The molecule has 1 aliphatic carbocycles. The third kappa shape index (κ3) is 4.77. The summed E-state index contributed by atoms with van der Waals surface area (Å²) in [5.41, 5.74) is 4.77. The summed E-state index contributed by atoms with van der Waals surface area (Å²) in [4.78, 5) is 25.0. The molecule has 1 amide bonds. The van der Waals surface area contributed by atoms with E-state index in [1.807, 2.05) is 52.0 Å². The summed E-state index contributed by atoms with van der Waals surface area (Å²) >= 11 is 0. The van der Waals surface area contributed by atoms with E-state index in [1.165, 1.54) is 0 Å². The van der Waals surface area contributed by atoms with Crippen molar-refractivity contribution >= 4 is 11.7 Å². The van der Waals surface area contributed by atoms with Gasteiger partial charge in [0.15, 0.2) is 0 Å². The number of benzene rings is 1. The Morgan fingerprint density at radius 2 is 1.94 bits per heavy atom. The molecule has 0 atom stereocenters. The first-order chi connectivity index (χ1) is 14.8. The molecule has 1 fully saturated rings. The van der Waals surface area contributed by atoms with Crippen LogP contribution in [0, 0.1) is 13.8 Å². The van der Waals surface area contributed by atoms with E-state index < -0.39 is 5.54 Å². The summed E-state index contributed by atoms with van der Waals surface area (Å²) < 4.78 is 0. The number of rotatable bonds is 7. The highest BCUT2D eigenvalue weighted by Crippen LogP contribution is 2.33. The minimum absolute atomic E-state index is 0.0374. The average Bonchev–Trinajstić information content (AvgIpc) is 3.45. The number of nitrogens with zero attached hydrogens (tertiary/aromatic N) is 2. The topological polar surface area (TPSA) is 103 Å².